The number of benzene rings is 2. The Hall–Kier alpha value is -3.34. The third-order valence-corrected chi connectivity index (χ3v) is 3.93. The highest BCUT2D eigenvalue weighted by Crippen LogP contribution is 2.36. The van der Waals surface area contributed by atoms with Gasteiger partial charge in [-0.1, -0.05) is 11.6 Å². The lowest BCUT2D eigenvalue weighted by Gasteiger charge is -2.12. The van der Waals surface area contributed by atoms with Crippen LogP contribution in [0.25, 0.3) is 0 Å². The van der Waals surface area contributed by atoms with Gasteiger partial charge in [0.1, 0.15) is 0 Å². The van der Waals surface area contributed by atoms with Gasteiger partial charge in [0.05, 0.1) is 29.2 Å². The van der Waals surface area contributed by atoms with Gasteiger partial charge in [-0.15, -0.1) is 0 Å². The van der Waals surface area contributed by atoms with Crippen molar-refractivity contribution in [2.45, 2.75) is 6.18 Å². The number of rotatable bonds is 6. The van der Waals surface area contributed by atoms with Crippen LogP contribution >= 0.6 is 11.6 Å². The zero-order valence-electron chi connectivity index (χ0n) is 14.7. The smallest absolute Gasteiger partial charge is 0.417 e. The van der Waals surface area contributed by atoms with Gasteiger partial charge in [0.25, 0.3) is 5.91 Å². The fourth-order valence-corrected chi connectivity index (χ4v) is 2.49. The van der Waals surface area contributed by atoms with Crippen molar-refractivity contribution in [3.63, 3.8) is 0 Å². The minimum atomic E-state index is -4.70. The second kappa shape index (κ2) is 8.78. The number of nitro benzene ring substituents is 1. The van der Waals surface area contributed by atoms with E-state index in [-0.39, 0.29) is 17.0 Å². The normalized spacial score (nSPS) is 10.9. The average molecular weight is 432 g/mol. The predicted molar refractivity (Wildman–Crippen MR) is 97.1 cm³/mol. The summed E-state index contributed by atoms with van der Waals surface area (Å²) in [6, 6.07) is 6.27. The second-order valence-electron chi connectivity index (χ2n) is 5.57. The number of nitro groups is 1. The number of carbonyl (C=O) groups excluding carboxylic acids is 2. The first kappa shape index (κ1) is 22.0. The third kappa shape index (κ3) is 5.57. The molecule has 2 N–H and O–H groups in total. The second-order valence-corrected chi connectivity index (χ2v) is 5.97. The van der Waals surface area contributed by atoms with Gasteiger partial charge < -0.3 is 15.4 Å². The molecule has 0 heterocycles. The van der Waals surface area contributed by atoms with E-state index >= 15 is 0 Å². The van der Waals surface area contributed by atoms with Gasteiger partial charge in [-0.05, 0) is 30.3 Å². The summed E-state index contributed by atoms with van der Waals surface area (Å²) < 4.78 is 43.3. The quantitative estimate of drug-likeness (QED) is 0.536. The molecular weight excluding hydrogens is 419 g/mol. The van der Waals surface area contributed by atoms with Gasteiger partial charge in [0.15, 0.2) is 5.75 Å². The largest absolute Gasteiger partial charge is 0.490 e. The van der Waals surface area contributed by atoms with Crippen LogP contribution in [0.1, 0.15) is 15.9 Å². The van der Waals surface area contributed by atoms with Crippen molar-refractivity contribution in [1.82, 2.24) is 5.32 Å². The molecule has 0 radical (unpaired) electrons. The van der Waals surface area contributed by atoms with Crippen molar-refractivity contribution < 1.29 is 32.4 Å². The number of alkyl halides is 3. The summed E-state index contributed by atoms with van der Waals surface area (Å²) in [6.45, 7) is -0.581. The van der Waals surface area contributed by atoms with Gasteiger partial charge in [-0.3, -0.25) is 19.7 Å². The molecule has 0 spiro atoms. The molecule has 0 atom stereocenters. The van der Waals surface area contributed by atoms with E-state index < -0.39 is 45.7 Å². The van der Waals surface area contributed by atoms with E-state index in [1.165, 1.54) is 25.3 Å². The Labute approximate surface area is 166 Å². The van der Waals surface area contributed by atoms with E-state index in [1.54, 1.807) is 0 Å². The first-order valence-electron chi connectivity index (χ1n) is 7.80. The zero-order valence-corrected chi connectivity index (χ0v) is 15.4. The predicted octanol–water partition coefficient (Wildman–Crippen LogP) is 3.64. The zero-order chi connectivity index (χ0) is 21.8. The Morgan fingerprint density at radius 3 is 2.48 bits per heavy atom. The number of hydrogen-bond acceptors (Lipinski definition) is 5. The molecule has 29 heavy (non-hydrogen) atoms. The molecule has 0 aliphatic carbocycles. The Kier molecular flexibility index (Phi) is 6.64. The van der Waals surface area contributed by atoms with Crippen LogP contribution in [0, 0.1) is 10.1 Å². The number of hydrogen-bond donors (Lipinski definition) is 2. The number of nitrogens with one attached hydrogen (secondary N) is 2. The van der Waals surface area contributed by atoms with Crippen LogP contribution in [0.15, 0.2) is 36.4 Å². The van der Waals surface area contributed by atoms with Crippen LogP contribution in [0.3, 0.4) is 0 Å². The number of nitrogens with zero attached hydrogens (tertiary/aromatic N) is 1. The average Bonchev–Trinajstić information content (AvgIpc) is 2.66. The van der Waals surface area contributed by atoms with Gasteiger partial charge in [-0.25, -0.2) is 0 Å². The molecule has 2 aromatic carbocycles. The molecule has 8 nitrogen and oxygen atoms in total. The summed E-state index contributed by atoms with van der Waals surface area (Å²) in [6.07, 6.45) is -4.70. The van der Waals surface area contributed by atoms with Crippen LogP contribution in [-0.4, -0.2) is 30.4 Å². The SMILES string of the molecule is COc1ccc(C(=O)NCC(=O)Nc2ccc(Cl)c(C(F)(F)F)c2)cc1[N+](=O)[O-]. The molecule has 0 saturated carbocycles. The van der Waals surface area contributed by atoms with Gasteiger partial charge in [0.2, 0.25) is 5.91 Å². The fourth-order valence-electron chi connectivity index (χ4n) is 2.26. The summed E-state index contributed by atoms with van der Waals surface area (Å²) >= 11 is 5.50. The summed E-state index contributed by atoms with van der Waals surface area (Å²) in [5.74, 6) is -1.65. The molecule has 0 unspecified atom stereocenters. The van der Waals surface area contributed by atoms with Crippen molar-refractivity contribution in [3.8, 4) is 5.75 Å². The van der Waals surface area contributed by atoms with Crippen molar-refractivity contribution in [1.29, 1.82) is 0 Å². The minimum absolute atomic E-state index is 0.0486. The number of ether oxygens (including phenoxy) is 1. The number of carbonyl (C=O) groups is 2. The fraction of sp³-hybridized carbons (Fsp3) is 0.176. The molecule has 2 rings (SSSR count). The van der Waals surface area contributed by atoms with E-state index in [0.29, 0.717) is 6.07 Å². The lowest BCUT2D eigenvalue weighted by molar-refractivity contribution is -0.385. The standard InChI is InChI=1S/C17H13ClF3N3O5/c1-29-14-5-2-9(6-13(14)24(27)28)16(26)22-8-15(25)23-10-3-4-12(18)11(7-10)17(19,20)21/h2-7H,8H2,1H3,(H,22,26)(H,23,25). The molecule has 0 bridgehead atoms. The lowest BCUT2D eigenvalue weighted by atomic mass is 10.1. The van der Waals surface area contributed by atoms with E-state index in [1.807, 2.05) is 0 Å². The number of methoxy groups -OCH3 is 1. The maximum atomic E-state index is 12.8. The maximum Gasteiger partial charge on any atom is 0.417 e. The van der Waals surface area contributed by atoms with Gasteiger partial charge in [-0.2, -0.15) is 13.2 Å². The number of amides is 2. The van der Waals surface area contributed by atoms with Crippen molar-refractivity contribution in [2.75, 3.05) is 19.0 Å². The highest BCUT2D eigenvalue weighted by Gasteiger charge is 2.33. The van der Waals surface area contributed by atoms with Crippen molar-refractivity contribution in [3.05, 3.63) is 62.7 Å². The highest BCUT2D eigenvalue weighted by atomic mass is 35.5. The summed E-state index contributed by atoms with van der Waals surface area (Å²) in [5, 5.41) is 14.9. The Bertz CT molecular complexity index is 966. The van der Waals surface area contributed by atoms with E-state index in [0.717, 1.165) is 12.1 Å². The minimum Gasteiger partial charge on any atom is -0.490 e. The van der Waals surface area contributed by atoms with Gasteiger partial charge >= 0.3 is 11.9 Å². The molecule has 0 aliphatic heterocycles. The number of anilines is 1. The van der Waals surface area contributed by atoms with Crippen LogP contribution in [0.5, 0.6) is 5.75 Å². The molecule has 154 valence electrons. The molecule has 2 amide bonds. The van der Waals surface area contributed by atoms with E-state index in [2.05, 4.69) is 10.6 Å². The summed E-state index contributed by atoms with van der Waals surface area (Å²) in [4.78, 5) is 34.2. The van der Waals surface area contributed by atoms with Gasteiger partial charge in [0, 0.05) is 17.3 Å². The lowest BCUT2D eigenvalue weighted by Crippen LogP contribution is -2.32. The maximum absolute atomic E-state index is 12.8. The van der Waals surface area contributed by atoms with E-state index in [9.17, 15) is 32.9 Å². The van der Waals surface area contributed by atoms with Crippen LogP contribution in [0.4, 0.5) is 24.5 Å². The first-order chi connectivity index (χ1) is 13.5. The van der Waals surface area contributed by atoms with Crippen LogP contribution < -0.4 is 15.4 Å². The van der Waals surface area contributed by atoms with Crippen molar-refractivity contribution >= 4 is 34.8 Å². The molecular formula is C17H13ClF3N3O5. The summed E-state index contributed by atoms with van der Waals surface area (Å²) in [5.41, 5.74) is -1.82. The van der Waals surface area contributed by atoms with Crippen molar-refractivity contribution in [2.24, 2.45) is 0 Å². The Morgan fingerprint density at radius 2 is 1.90 bits per heavy atom. The molecule has 2 aromatic rings. The topological polar surface area (TPSA) is 111 Å². The third-order valence-electron chi connectivity index (χ3n) is 3.60. The molecule has 12 heteroatoms. The molecule has 0 fully saturated rings. The molecule has 0 aliphatic rings. The Morgan fingerprint density at radius 1 is 1.21 bits per heavy atom. The van der Waals surface area contributed by atoms with E-state index in [4.69, 9.17) is 16.3 Å². The molecule has 0 aromatic heterocycles. The van der Waals surface area contributed by atoms with Crippen LogP contribution in [0.2, 0.25) is 5.02 Å². The highest BCUT2D eigenvalue weighted by molar-refractivity contribution is 6.31. The summed E-state index contributed by atoms with van der Waals surface area (Å²) in [7, 11) is 1.23. The Balaban J connectivity index is 2.04. The molecule has 0 saturated heterocycles. The van der Waals surface area contributed by atoms with Crippen LogP contribution in [-0.2, 0) is 11.0 Å². The number of halogens is 4. The monoisotopic (exact) mass is 431 g/mol. The first-order valence-corrected chi connectivity index (χ1v) is 8.18.